The maximum absolute atomic E-state index is 12.3. The van der Waals surface area contributed by atoms with Crippen LogP contribution in [0.5, 0.6) is 11.5 Å². The van der Waals surface area contributed by atoms with E-state index in [-0.39, 0.29) is 17.3 Å². The number of ether oxygens (including phenoxy) is 1. The highest BCUT2D eigenvalue weighted by molar-refractivity contribution is 7.90. The van der Waals surface area contributed by atoms with Crippen molar-refractivity contribution in [3.63, 3.8) is 0 Å². The number of likely N-dealkylation sites (tertiary alicyclic amines) is 1. The van der Waals surface area contributed by atoms with Crippen LogP contribution in [0, 0.1) is 0 Å². The number of aromatic amines is 1. The van der Waals surface area contributed by atoms with Crippen LogP contribution in [-0.2, 0) is 14.6 Å². The second-order valence-electron chi connectivity index (χ2n) is 8.63. The standard InChI is InChI=1S/C25H24N4O5S/c1-15(30)29-14-16(31)11-23(29)19-12-21-22(28-25(27-21)20-5-3-4-10-26-20)13-24(19)34-17-6-8-18(9-7-17)35(2,32)33/h3-10,12-13,16,23,31H,11,14H2,1-2H3,(H,27,28)/t16-,23-/m1/s1. The van der Waals surface area contributed by atoms with E-state index in [0.717, 1.165) is 11.8 Å². The largest absolute Gasteiger partial charge is 0.457 e. The minimum Gasteiger partial charge on any atom is -0.457 e. The number of pyridine rings is 1. The van der Waals surface area contributed by atoms with Gasteiger partial charge in [0.25, 0.3) is 0 Å². The monoisotopic (exact) mass is 492 g/mol. The van der Waals surface area contributed by atoms with Crippen molar-refractivity contribution in [3.8, 4) is 23.0 Å². The molecule has 1 fully saturated rings. The number of carbonyl (C=O) groups is 1. The minimum atomic E-state index is -3.34. The average molecular weight is 493 g/mol. The van der Waals surface area contributed by atoms with Crippen LogP contribution >= 0.6 is 0 Å². The number of benzene rings is 2. The van der Waals surface area contributed by atoms with Crippen LogP contribution in [0.4, 0.5) is 0 Å². The van der Waals surface area contributed by atoms with Crippen molar-refractivity contribution in [1.82, 2.24) is 19.9 Å². The highest BCUT2D eigenvalue weighted by Crippen LogP contribution is 2.41. The van der Waals surface area contributed by atoms with Crippen LogP contribution < -0.4 is 4.74 Å². The van der Waals surface area contributed by atoms with E-state index >= 15 is 0 Å². The molecule has 180 valence electrons. The van der Waals surface area contributed by atoms with E-state index in [1.165, 1.54) is 19.1 Å². The third kappa shape index (κ3) is 4.62. The summed E-state index contributed by atoms with van der Waals surface area (Å²) in [6.07, 6.45) is 2.56. The quantitative estimate of drug-likeness (QED) is 0.437. The first-order valence-corrected chi connectivity index (χ1v) is 13.0. The first kappa shape index (κ1) is 23.0. The Morgan fingerprint density at radius 3 is 2.60 bits per heavy atom. The van der Waals surface area contributed by atoms with Gasteiger partial charge in [-0.1, -0.05) is 6.07 Å². The van der Waals surface area contributed by atoms with Gasteiger partial charge in [-0.25, -0.2) is 13.4 Å². The molecule has 10 heteroatoms. The van der Waals surface area contributed by atoms with Gasteiger partial charge in [0.2, 0.25) is 5.91 Å². The predicted octanol–water partition coefficient (Wildman–Crippen LogP) is 3.47. The topological polar surface area (TPSA) is 125 Å². The number of imidazole rings is 1. The summed E-state index contributed by atoms with van der Waals surface area (Å²) in [6.45, 7) is 1.71. The fraction of sp³-hybridized carbons (Fsp3) is 0.240. The molecule has 4 aromatic rings. The van der Waals surface area contributed by atoms with E-state index in [1.54, 1.807) is 29.3 Å². The number of nitrogens with zero attached hydrogens (tertiary/aromatic N) is 3. The molecule has 0 aliphatic carbocycles. The number of hydrogen-bond acceptors (Lipinski definition) is 7. The zero-order chi connectivity index (χ0) is 24.7. The summed E-state index contributed by atoms with van der Waals surface area (Å²) >= 11 is 0. The molecule has 0 spiro atoms. The number of aromatic nitrogens is 3. The summed E-state index contributed by atoms with van der Waals surface area (Å²) in [4.78, 5) is 26.4. The first-order valence-electron chi connectivity index (χ1n) is 11.1. The number of H-pyrrole nitrogens is 1. The van der Waals surface area contributed by atoms with Gasteiger partial charge in [0, 0.05) is 37.6 Å². The Morgan fingerprint density at radius 2 is 1.94 bits per heavy atom. The lowest BCUT2D eigenvalue weighted by molar-refractivity contribution is -0.130. The van der Waals surface area contributed by atoms with Crippen LogP contribution in [0.1, 0.15) is 24.9 Å². The van der Waals surface area contributed by atoms with Crippen molar-refractivity contribution >= 4 is 26.8 Å². The molecule has 5 rings (SSSR count). The van der Waals surface area contributed by atoms with Gasteiger partial charge >= 0.3 is 0 Å². The molecular formula is C25H24N4O5S. The molecule has 3 heterocycles. The number of aliphatic hydroxyl groups is 1. The van der Waals surface area contributed by atoms with Crippen molar-refractivity contribution in [3.05, 3.63) is 66.4 Å². The fourth-order valence-electron chi connectivity index (χ4n) is 4.37. The number of sulfone groups is 1. The Bertz CT molecular complexity index is 1500. The number of fused-ring (bicyclic) bond motifs is 1. The lowest BCUT2D eigenvalue weighted by Gasteiger charge is -2.25. The third-order valence-electron chi connectivity index (χ3n) is 6.04. The number of carbonyl (C=O) groups excluding carboxylic acids is 1. The normalized spacial score (nSPS) is 18.2. The van der Waals surface area contributed by atoms with E-state index in [9.17, 15) is 18.3 Å². The van der Waals surface area contributed by atoms with Gasteiger partial charge in [0.05, 0.1) is 28.1 Å². The molecule has 1 saturated heterocycles. The van der Waals surface area contributed by atoms with Crippen LogP contribution in [0.25, 0.3) is 22.6 Å². The summed E-state index contributed by atoms with van der Waals surface area (Å²) < 4.78 is 29.8. The lowest BCUT2D eigenvalue weighted by atomic mass is 10.0. The molecule has 2 N–H and O–H groups in total. The molecule has 2 aromatic carbocycles. The third-order valence-corrected chi connectivity index (χ3v) is 7.17. The van der Waals surface area contributed by atoms with E-state index in [0.29, 0.717) is 40.5 Å². The van der Waals surface area contributed by atoms with Gasteiger partial charge in [-0.2, -0.15) is 0 Å². The highest BCUT2D eigenvalue weighted by Gasteiger charge is 2.36. The van der Waals surface area contributed by atoms with E-state index in [4.69, 9.17) is 4.74 Å². The second kappa shape index (κ2) is 8.79. The van der Waals surface area contributed by atoms with Crippen LogP contribution in [0.3, 0.4) is 0 Å². The molecule has 1 aliphatic heterocycles. The average Bonchev–Trinajstić information content (AvgIpc) is 3.42. The number of nitrogens with one attached hydrogen (secondary N) is 1. The number of β-amino-alcohol motifs (C(OH)–C–C–N with tert-alkyl or cyclic N) is 1. The smallest absolute Gasteiger partial charge is 0.220 e. The number of amides is 1. The number of rotatable bonds is 5. The van der Waals surface area contributed by atoms with Crippen molar-refractivity contribution in [2.45, 2.75) is 30.4 Å². The van der Waals surface area contributed by atoms with Gasteiger partial charge in [0.15, 0.2) is 15.7 Å². The summed E-state index contributed by atoms with van der Waals surface area (Å²) in [5, 5.41) is 10.3. The molecule has 0 radical (unpaired) electrons. The van der Waals surface area contributed by atoms with E-state index < -0.39 is 22.0 Å². The minimum absolute atomic E-state index is 0.145. The second-order valence-corrected chi connectivity index (χ2v) is 10.6. The van der Waals surface area contributed by atoms with Crippen LogP contribution in [0.2, 0.25) is 0 Å². The Hall–Kier alpha value is -3.76. The fourth-order valence-corrected chi connectivity index (χ4v) is 5.00. The maximum atomic E-state index is 12.3. The molecular weight excluding hydrogens is 468 g/mol. The van der Waals surface area contributed by atoms with Crippen LogP contribution in [-0.4, -0.2) is 58.2 Å². The van der Waals surface area contributed by atoms with Crippen molar-refractivity contribution in [1.29, 1.82) is 0 Å². The molecule has 0 bridgehead atoms. The maximum Gasteiger partial charge on any atom is 0.220 e. The summed E-state index contributed by atoms with van der Waals surface area (Å²) in [5.41, 5.74) is 2.79. The first-order chi connectivity index (χ1) is 16.7. The van der Waals surface area contributed by atoms with Gasteiger partial charge in [-0.3, -0.25) is 9.78 Å². The van der Waals surface area contributed by atoms with Gasteiger partial charge < -0.3 is 19.7 Å². The summed E-state index contributed by atoms with van der Waals surface area (Å²) in [7, 11) is -3.34. The van der Waals surface area contributed by atoms with Crippen molar-refractivity contribution in [2.24, 2.45) is 0 Å². The summed E-state index contributed by atoms with van der Waals surface area (Å²) in [5.74, 6) is 1.35. The molecule has 9 nitrogen and oxygen atoms in total. The zero-order valence-electron chi connectivity index (χ0n) is 19.2. The number of aliphatic hydroxyl groups excluding tert-OH is 1. The molecule has 0 saturated carbocycles. The molecule has 1 amide bonds. The molecule has 2 atom stereocenters. The number of hydrogen-bond donors (Lipinski definition) is 2. The summed E-state index contributed by atoms with van der Waals surface area (Å²) in [6, 6.07) is 15.0. The highest BCUT2D eigenvalue weighted by atomic mass is 32.2. The molecule has 1 aliphatic rings. The van der Waals surface area contributed by atoms with Crippen molar-refractivity contribution < 1.29 is 23.1 Å². The zero-order valence-corrected chi connectivity index (χ0v) is 20.0. The Kier molecular flexibility index (Phi) is 5.78. The van der Waals surface area contributed by atoms with Gasteiger partial charge in [0.1, 0.15) is 17.2 Å². The molecule has 35 heavy (non-hydrogen) atoms. The van der Waals surface area contributed by atoms with E-state index in [2.05, 4.69) is 15.0 Å². The Labute approximate surface area is 202 Å². The molecule has 2 aromatic heterocycles. The Balaban J connectivity index is 1.60. The van der Waals surface area contributed by atoms with Crippen LogP contribution in [0.15, 0.2) is 65.7 Å². The van der Waals surface area contributed by atoms with Gasteiger partial charge in [-0.05, 0) is 48.9 Å². The van der Waals surface area contributed by atoms with Crippen molar-refractivity contribution in [2.75, 3.05) is 12.8 Å². The Morgan fingerprint density at radius 1 is 1.17 bits per heavy atom. The van der Waals surface area contributed by atoms with Gasteiger partial charge in [-0.15, -0.1) is 0 Å². The predicted molar refractivity (Wildman–Crippen MR) is 130 cm³/mol. The van der Waals surface area contributed by atoms with E-state index in [1.807, 2.05) is 24.3 Å². The lowest BCUT2D eigenvalue weighted by Crippen LogP contribution is -2.29. The SMILES string of the molecule is CC(=O)N1C[C@H](O)C[C@@H]1c1cc2[nH]c(-c3ccccn3)nc2cc1Oc1ccc(S(C)(=O)=O)cc1. The molecule has 0 unspecified atom stereocenters.